The van der Waals surface area contributed by atoms with E-state index in [9.17, 15) is 4.79 Å². The molecule has 0 saturated heterocycles. The van der Waals surface area contributed by atoms with Gasteiger partial charge in [0.05, 0.1) is 20.3 Å². The third-order valence-electron chi connectivity index (χ3n) is 3.85. The van der Waals surface area contributed by atoms with Crippen LogP contribution in [0.15, 0.2) is 29.3 Å². The third-order valence-corrected chi connectivity index (χ3v) is 3.85. The number of halogens is 1. The van der Waals surface area contributed by atoms with Gasteiger partial charge in [-0.1, -0.05) is 31.0 Å². The summed E-state index contributed by atoms with van der Waals surface area (Å²) in [6.07, 6.45) is 4.55. The summed E-state index contributed by atoms with van der Waals surface area (Å²) in [4.78, 5) is 15.7. The van der Waals surface area contributed by atoms with Crippen LogP contribution in [0.25, 0.3) is 0 Å². The van der Waals surface area contributed by atoms with E-state index in [0.29, 0.717) is 19.6 Å². The van der Waals surface area contributed by atoms with Crippen molar-refractivity contribution in [1.29, 1.82) is 0 Å². The van der Waals surface area contributed by atoms with E-state index in [1.54, 1.807) is 0 Å². The highest BCUT2D eigenvalue weighted by Crippen LogP contribution is 2.18. The second-order valence-electron chi connectivity index (χ2n) is 5.90. The second kappa shape index (κ2) is 16.6. The summed E-state index contributed by atoms with van der Waals surface area (Å²) in [5, 5.41) is 6.63. The summed E-state index contributed by atoms with van der Waals surface area (Å²) in [5.41, 5.74) is 1.08. The van der Waals surface area contributed by atoms with Crippen molar-refractivity contribution in [2.24, 2.45) is 4.99 Å². The van der Waals surface area contributed by atoms with E-state index in [1.807, 2.05) is 31.2 Å². The van der Waals surface area contributed by atoms with Gasteiger partial charge < -0.3 is 20.1 Å². The molecule has 0 aliphatic heterocycles. The molecule has 0 saturated carbocycles. The Bertz CT molecular complexity index is 553. The number of aliphatic imine (C=N–C) groups is 1. The van der Waals surface area contributed by atoms with Crippen LogP contribution in [0.5, 0.6) is 5.75 Å². The summed E-state index contributed by atoms with van der Waals surface area (Å²) >= 11 is 0. The minimum absolute atomic E-state index is 0. The molecular formula is C20H34IN3O3. The third kappa shape index (κ3) is 11.7. The lowest BCUT2D eigenvalue weighted by atomic mass is 10.1. The van der Waals surface area contributed by atoms with Gasteiger partial charge in [0.1, 0.15) is 5.75 Å². The number of ether oxygens (including phenoxy) is 2. The Balaban J connectivity index is 0.00000676. The van der Waals surface area contributed by atoms with Crippen LogP contribution in [0.3, 0.4) is 0 Å². The largest absolute Gasteiger partial charge is 0.494 e. The predicted octanol–water partition coefficient (Wildman–Crippen LogP) is 3.88. The van der Waals surface area contributed by atoms with Gasteiger partial charge >= 0.3 is 5.97 Å². The molecule has 0 atom stereocenters. The maximum atomic E-state index is 11.0. The Morgan fingerprint density at radius 1 is 1.07 bits per heavy atom. The van der Waals surface area contributed by atoms with Crippen molar-refractivity contribution in [3.8, 4) is 5.75 Å². The topological polar surface area (TPSA) is 72.0 Å². The van der Waals surface area contributed by atoms with E-state index in [4.69, 9.17) is 4.74 Å². The van der Waals surface area contributed by atoms with Gasteiger partial charge in [0.25, 0.3) is 0 Å². The second-order valence-corrected chi connectivity index (χ2v) is 5.90. The maximum absolute atomic E-state index is 11.0. The number of carbonyl (C=O) groups is 1. The zero-order valence-corrected chi connectivity index (χ0v) is 19.1. The number of esters is 1. The molecule has 2 N–H and O–H groups in total. The Morgan fingerprint density at radius 3 is 2.52 bits per heavy atom. The molecule has 0 bridgehead atoms. The molecule has 0 spiro atoms. The first-order chi connectivity index (χ1) is 12.7. The smallest absolute Gasteiger partial charge is 0.305 e. The summed E-state index contributed by atoms with van der Waals surface area (Å²) in [6, 6.07) is 7.99. The van der Waals surface area contributed by atoms with E-state index in [1.165, 1.54) is 7.11 Å². The first-order valence-corrected chi connectivity index (χ1v) is 9.50. The maximum Gasteiger partial charge on any atom is 0.305 e. The lowest BCUT2D eigenvalue weighted by molar-refractivity contribution is -0.140. The number of nitrogens with one attached hydrogen (secondary N) is 2. The zero-order valence-electron chi connectivity index (χ0n) is 16.8. The highest BCUT2D eigenvalue weighted by molar-refractivity contribution is 14.0. The molecule has 0 aliphatic rings. The fourth-order valence-corrected chi connectivity index (χ4v) is 2.49. The van der Waals surface area contributed by atoms with Gasteiger partial charge in [-0.2, -0.15) is 0 Å². The van der Waals surface area contributed by atoms with Gasteiger partial charge in [0.15, 0.2) is 5.96 Å². The highest BCUT2D eigenvalue weighted by atomic mass is 127. The molecule has 6 nitrogen and oxygen atoms in total. The van der Waals surface area contributed by atoms with Crippen LogP contribution in [-0.4, -0.2) is 38.7 Å². The molecule has 0 fully saturated rings. The first kappa shape index (κ1) is 25.5. The van der Waals surface area contributed by atoms with E-state index >= 15 is 0 Å². The number of benzene rings is 1. The lowest BCUT2D eigenvalue weighted by Gasteiger charge is -2.12. The van der Waals surface area contributed by atoms with Crippen molar-refractivity contribution < 1.29 is 14.3 Å². The monoisotopic (exact) mass is 491 g/mol. The molecule has 1 aromatic carbocycles. The number of methoxy groups -OCH3 is 1. The van der Waals surface area contributed by atoms with Gasteiger partial charge in [-0.05, 0) is 32.8 Å². The first-order valence-electron chi connectivity index (χ1n) is 9.50. The number of hydrogen-bond acceptors (Lipinski definition) is 4. The highest BCUT2D eigenvalue weighted by Gasteiger charge is 2.03. The Labute approximate surface area is 180 Å². The zero-order chi connectivity index (χ0) is 19.0. The summed E-state index contributed by atoms with van der Waals surface area (Å²) < 4.78 is 10.3. The Kier molecular flexibility index (Phi) is 15.7. The number of rotatable bonds is 12. The SMILES string of the molecule is CCNC(=NCc1ccccc1OCC)NCCCCCCC(=O)OC.I. The van der Waals surface area contributed by atoms with E-state index in [2.05, 4.69) is 27.3 Å². The molecular weight excluding hydrogens is 457 g/mol. The van der Waals surface area contributed by atoms with E-state index in [0.717, 1.165) is 56.0 Å². The number of hydrogen-bond donors (Lipinski definition) is 2. The van der Waals surface area contributed by atoms with Crippen molar-refractivity contribution in [1.82, 2.24) is 10.6 Å². The van der Waals surface area contributed by atoms with Crippen LogP contribution in [-0.2, 0) is 16.1 Å². The number of para-hydroxylation sites is 1. The van der Waals surface area contributed by atoms with Crippen molar-refractivity contribution in [2.75, 3.05) is 26.8 Å². The predicted molar refractivity (Wildman–Crippen MR) is 121 cm³/mol. The number of carbonyl (C=O) groups excluding carboxylic acids is 1. The fraction of sp³-hybridized carbons (Fsp3) is 0.600. The molecule has 0 unspecified atom stereocenters. The van der Waals surface area contributed by atoms with Crippen LogP contribution in [0.1, 0.15) is 51.5 Å². The molecule has 7 heteroatoms. The molecule has 27 heavy (non-hydrogen) atoms. The molecule has 1 rings (SSSR count). The Morgan fingerprint density at radius 2 is 1.81 bits per heavy atom. The summed E-state index contributed by atoms with van der Waals surface area (Å²) in [7, 11) is 1.43. The number of unbranched alkanes of at least 4 members (excludes halogenated alkanes) is 3. The lowest BCUT2D eigenvalue weighted by Crippen LogP contribution is -2.37. The quantitative estimate of drug-likeness (QED) is 0.153. The normalized spacial score (nSPS) is 10.7. The van der Waals surface area contributed by atoms with Crippen LogP contribution < -0.4 is 15.4 Å². The van der Waals surface area contributed by atoms with Crippen LogP contribution in [0.2, 0.25) is 0 Å². The van der Waals surface area contributed by atoms with Gasteiger partial charge in [-0.3, -0.25) is 4.79 Å². The van der Waals surface area contributed by atoms with Crippen LogP contribution >= 0.6 is 24.0 Å². The average Bonchev–Trinajstić information content (AvgIpc) is 2.66. The number of guanidine groups is 1. The van der Waals surface area contributed by atoms with Crippen LogP contribution in [0.4, 0.5) is 0 Å². The van der Waals surface area contributed by atoms with Gasteiger partial charge in [0.2, 0.25) is 0 Å². The minimum Gasteiger partial charge on any atom is -0.494 e. The minimum atomic E-state index is -0.128. The van der Waals surface area contributed by atoms with Crippen molar-refractivity contribution in [3.63, 3.8) is 0 Å². The van der Waals surface area contributed by atoms with Gasteiger partial charge in [-0.15, -0.1) is 24.0 Å². The van der Waals surface area contributed by atoms with Gasteiger partial charge in [0, 0.05) is 25.1 Å². The molecule has 0 radical (unpaired) electrons. The van der Waals surface area contributed by atoms with E-state index in [-0.39, 0.29) is 29.9 Å². The van der Waals surface area contributed by atoms with Crippen molar-refractivity contribution >= 4 is 35.9 Å². The average molecular weight is 491 g/mol. The van der Waals surface area contributed by atoms with Gasteiger partial charge in [-0.25, -0.2) is 4.99 Å². The van der Waals surface area contributed by atoms with Crippen molar-refractivity contribution in [2.45, 2.75) is 52.5 Å². The molecule has 0 heterocycles. The van der Waals surface area contributed by atoms with Crippen molar-refractivity contribution in [3.05, 3.63) is 29.8 Å². The molecule has 154 valence electrons. The summed E-state index contributed by atoms with van der Waals surface area (Å²) in [6.45, 7) is 6.93. The molecule has 0 amide bonds. The summed E-state index contributed by atoms with van der Waals surface area (Å²) in [5.74, 6) is 1.57. The molecule has 1 aromatic rings. The molecule has 0 aliphatic carbocycles. The Hall–Kier alpha value is -1.51. The van der Waals surface area contributed by atoms with Crippen LogP contribution in [0, 0.1) is 0 Å². The standard InChI is InChI=1S/C20H33N3O3.HI/c1-4-21-20(22-15-11-7-6-8-14-19(24)25-3)23-16-17-12-9-10-13-18(17)26-5-2;/h9-10,12-13H,4-8,11,14-16H2,1-3H3,(H2,21,22,23);1H. The van der Waals surface area contributed by atoms with E-state index < -0.39 is 0 Å². The number of nitrogens with zero attached hydrogens (tertiary/aromatic N) is 1. The molecule has 0 aromatic heterocycles. The fourth-order valence-electron chi connectivity index (χ4n) is 2.49.